The standard InChI is InChI=1S/C19H19BrN4/c1-12-7-8-13(2)17(9-12)23-18-10-14(3)21-19(24-18)22-16-6-4-5-15(20)11-16/h4-11H,1-3H3,(H2,21,22,23,24). The lowest BCUT2D eigenvalue weighted by molar-refractivity contribution is 1.11. The Bertz CT molecular complexity index is 877. The van der Waals surface area contributed by atoms with E-state index in [1.165, 1.54) is 11.1 Å². The lowest BCUT2D eigenvalue weighted by Crippen LogP contribution is -2.03. The van der Waals surface area contributed by atoms with Gasteiger partial charge in [-0.15, -0.1) is 0 Å². The lowest BCUT2D eigenvalue weighted by Gasteiger charge is -2.12. The molecule has 0 fully saturated rings. The zero-order chi connectivity index (χ0) is 17.1. The van der Waals surface area contributed by atoms with E-state index in [0.717, 1.165) is 27.4 Å². The first-order valence-corrected chi connectivity index (χ1v) is 8.51. The molecular formula is C19H19BrN4. The molecule has 24 heavy (non-hydrogen) atoms. The van der Waals surface area contributed by atoms with Crippen LogP contribution in [0.1, 0.15) is 16.8 Å². The van der Waals surface area contributed by atoms with E-state index in [9.17, 15) is 0 Å². The molecule has 0 spiro atoms. The number of aromatic nitrogens is 2. The zero-order valence-corrected chi connectivity index (χ0v) is 15.5. The van der Waals surface area contributed by atoms with E-state index in [1.807, 2.05) is 37.3 Å². The first-order valence-electron chi connectivity index (χ1n) is 7.72. The highest BCUT2D eigenvalue weighted by Gasteiger charge is 2.06. The second-order valence-corrected chi connectivity index (χ2v) is 6.71. The van der Waals surface area contributed by atoms with Gasteiger partial charge in [-0.2, -0.15) is 4.98 Å². The molecule has 0 radical (unpaired) electrons. The quantitative estimate of drug-likeness (QED) is 0.611. The summed E-state index contributed by atoms with van der Waals surface area (Å²) in [5, 5.41) is 6.64. The van der Waals surface area contributed by atoms with Gasteiger partial charge in [0.2, 0.25) is 5.95 Å². The van der Waals surface area contributed by atoms with Gasteiger partial charge in [0, 0.05) is 27.6 Å². The molecule has 4 nitrogen and oxygen atoms in total. The van der Waals surface area contributed by atoms with Crippen LogP contribution in [0.3, 0.4) is 0 Å². The molecule has 0 saturated heterocycles. The molecule has 5 heteroatoms. The maximum atomic E-state index is 4.58. The van der Waals surface area contributed by atoms with Gasteiger partial charge in [-0.05, 0) is 56.2 Å². The van der Waals surface area contributed by atoms with Gasteiger partial charge in [0.05, 0.1) is 0 Å². The van der Waals surface area contributed by atoms with E-state index >= 15 is 0 Å². The molecule has 3 rings (SSSR count). The molecule has 122 valence electrons. The minimum atomic E-state index is 0.570. The van der Waals surface area contributed by atoms with Crippen LogP contribution in [0.15, 0.2) is 53.0 Å². The highest BCUT2D eigenvalue weighted by atomic mass is 79.9. The fraction of sp³-hybridized carbons (Fsp3) is 0.158. The van der Waals surface area contributed by atoms with Gasteiger partial charge in [-0.25, -0.2) is 4.98 Å². The van der Waals surface area contributed by atoms with E-state index in [2.05, 4.69) is 68.6 Å². The summed E-state index contributed by atoms with van der Waals surface area (Å²) >= 11 is 3.47. The molecule has 3 aromatic rings. The molecule has 0 aliphatic rings. The van der Waals surface area contributed by atoms with E-state index in [1.54, 1.807) is 0 Å². The number of aryl methyl sites for hydroxylation is 3. The third kappa shape index (κ3) is 4.11. The third-order valence-electron chi connectivity index (χ3n) is 3.59. The highest BCUT2D eigenvalue weighted by molar-refractivity contribution is 9.10. The Kier molecular flexibility index (Phi) is 4.81. The van der Waals surface area contributed by atoms with Gasteiger partial charge in [0.15, 0.2) is 0 Å². The molecule has 1 aromatic heterocycles. The molecule has 2 N–H and O–H groups in total. The zero-order valence-electron chi connectivity index (χ0n) is 13.9. The molecule has 0 saturated carbocycles. The van der Waals surface area contributed by atoms with Crippen LogP contribution in [0, 0.1) is 20.8 Å². The van der Waals surface area contributed by atoms with Crippen LogP contribution in [0.5, 0.6) is 0 Å². The number of hydrogen-bond acceptors (Lipinski definition) is 4. The monoisotopic (exact) mass is 382 g/mol. The van der Waals surface area contributed by atoms with Crippen LogP contribution in [0.25, 0.3) is 0 Å². The molecule has 0 aliphatic heterocycles. The van der Waals surface area contributed by atoms with Gasteiger partial charge in [0.1, 0.15) is 5.82 Å². The largest absolute Gasteiger partial charge is 0.340 e. The van der Waals surface area contributed by atoms with Crippen molar-refractivity contribution in [2.24, 2.45) is 0 Å². The Morgan fingerprint density at radius 1 is 0.875 bits per heavy atom. The maximum absolute atomic E-state index is 4.58. The van der Waals surface area contributed by atoms with Crippen LogP contribution in [-0.4, -0.2) is 9.97 Å². The minimum absolute atomic E-state index is 0.570. The van der Waals surface area contributed by atoms with Crippen molar-refractivity contribution < 1.29 is 0 Å². The molecule has 0 atom stereocenters. The van der Waals surface area contributed by atoms with E-state index < -0.39 is 0 Å². The van der Waals surface area contributed by atoms with Crippen LogP contribution in [0.4, 0.5) is 23.1 Å². The fourth-order valence-electron chi connectivity index (χ4n) is 2.39. The van der Waals surface area contributed by atoms with Crippen LogP contribution < -0.4 is 10.6 Å². The normalized spacial score (nSPS) is 10.5. The summed E-state index contributed by atoms with van der Waals surface area (Å²) in [6, 6.07) is 16.2. The van der Waals surface area contributed by atoms with Crippen LogP contribution in [-0.2, 0) is 0 Å². The molecule has 1 heterocycles. The van der Waals surface area contributed by atoms with Gasteiger partial charge >= 0.3 is 0 Å². The molecule has 2 aromatic carbocycles. The van der Waals surface area contributed by atoms with Crippen LogP contribution >= 0.6 is 15.9 Å². The van der Waals surface area contributed by atoms with Gasteiger partial charge in [-0.1, -0.05) is 34.1 Å². The maximum Gasteiger partial charge on any atom is 0.229 e. The molecule has 0 aliphatic carbocycles. The Balaban J connectivity index is 1.87. The number of halogens is 1. The van der Waals surface area contributed by atoms with Crippen molar-refractivity contribution in [3.63, 3.8) is 0 Å². The van der Waals surface area contributed by atoms with Gasteiger partial charge in [0.25, 0.3) is 0 Å². The minimum Gasteiger partial charge on any atom is -0.340 e. The van der Waals surface area contributed by atoms with Crippen molar-refractivity contribution in [1.29, 1.82) is 0 Å². The van der Waals surface area contributed by atoms with E-state index in [0.29, 0.717) is 5.95 Å². The van der Waals surface area contributed by atoms with Crippen molar-refractivity contribution in [2.75, 3.05) is 10.6 Å². The summed E-state index contributed by atoms with van der Waals surface area (Å²) in [5.41, 5.74) is 5.28. The number of benzene rings is 2. The van der Waals surface area contributed by atoms with E-state index in [-0.39, 0.29) is 0 Å². The fourth-order valence-corrected chi connectivity index (χ4v) is 2.79. The molecule has 0 unspecified atom stereocenters. The number of rotatable bonds is 4. The molecule has 0 amide bonds. The highest BCUT2D eigenvalue weighted by Crippen LogP contribution is 2.23. The smallest absolute Gasteiger partial charge is 0.229 e. The summed E-state index contributed by atoms with van der Waals surface area (Å²) in [6.45, 7) is 6.12. The number of nitrogens with zero attached hydrogens (tertiary/aromatic N) is 2. The second-order valence-electron chi connectivity index (χ2n) is 5.80. The predicted octanol–water partition coefficient (Wildman–Crippen LogP) is 5.65. The summed E-state index contributed by atoms with van der Waals surface area (Å²) in [5.74, 6) is 1.34. The Morgan fingerprint density at radius 2 is 1.71 bits per heavy atom. The Morgan fingerprint density at radius 3 is 2.50 bits per heavy atom. The predicted molar refractivity (Wildman–Crippen MR) is 103 cm³/mol. The van der Waals surface area contributed by atoms with Crippen molar-refractivity contribution in [1.82, 2.24) is 9.97 Å². The van der Waals surface area contributed by atoms with Crippen molar-refractivity contribution >= 4 is 39.1 Å². The van der Waals surface area contributed by atoms with Crippen molar-refractivity contribution in [3.05, 3.63) is 69.8 Å². The average Bonchev–Trinajstić information content (AvgIpc) is 2.50. The first-order chi connectivity index (χ1) is 11.5. The second kappa shape index (κ2) is 7.01. The van der Waals surface area contributed by atoms with Crippen molar-refractivity contribution in [2.45, 2.75) is 20.8 Å². The molecule has 0 bridgehead atoms. The van der Waals surface area contributed by atoms with Gasteiger partial charge in [-0.3, -0.25) is 0 Å². The summed E-state index contributed by atoms with van der Waals surface area (Å²) in [6.07, 6.45) is 0. The summed E-state index contributed by atoms with van der Waals surface area (Å²) in [4.78, 5) is 9.04. The number of nitrogens with one attached hydrogen (secondary N) is 2. The molecular weight excluding hydrogens is 364 g/mol. The Hall–Kier alpha value is -2.40. The first kappa shape index (κ1) is 16.5. The topological polar surface area (TPSA) is 49.8 Å². The van der Waals surface area contributed by atoms with Crippen molar-refractivity contribution in [3.8, 4) is 0 Å². The number of anilines is 4. The average molecular weight is 383 g/mol. The number of hydrogen-bond donors (Lipinski definition) is 2. The van der Waals surface area contributed by atoms with Crippen LogP contribution in [0.2, 0.25) is 0 Å². The summed E-state index contributed by atoms with van der Waals surface area (Å²) in [7, 11) is 0. The lowest BCUT2D eigenvalue weighted by atomic mass is 10.1. The SMILES string of the molecule is Cc1ccc(C)c(Nc2cc(C)nc(Nc3cccc(Br)c3)n2)c1. The Labute approximate surface area is 150 Å². The summed E-state index contributed by atoms with van der Waals surface area (Å²) < 4.78 is 1.01. The van der Waals surface area contributed by atoms with Gasteiger partial charge < -0.3 is 10.6 Å². The third-order valence-corrected chi connectivity index (χ3v) is 4.08. The van der Waals surface area contributed by atoms with E-state index in [4.69, 9.17) is 0 Å².